The average Bonchev–Trinajstić information content (AvgIpc) is 2.80. The van der Waals surface area contributed by atoms with E-state index in [0.717, 1.165) is 18.2 Å². The number of rotatable bonds is 1. The average molecular weight is 312 g/mol. The van der Waals surface area contributed by atoms with E-state index in [1.54, 1.807) is 7.05 Å². The molecule has 2 aliphatic rings. The summed E-state index contributed by atoms with van der Waals surface area (Å²) in [5.41, 5.74) is 0.930. The number of hydrogen-bond acceptors (Lipinski definition) is 3. The minimum Gasteiger partial charge on any atom is -0.366 e. The fourth-order valence-electron chi connectivity index (χ4n) is 3.41. The lowest BCUT2D eigenvalue weighted by Crippen LogP contribution is -2.36. The summed E-state index contributed by atoms with van der Waals surface area (Å²) in [7, 11) is 1.68. The Morgan fingerprint density at radius 1 is 1.33 bits per heavy atom. The molecule has 2 atom stereocenters. The van der Waals surface area contributed by atoms with Crippen molar-refractivity contribution in [3.8, 4) is 0 Å². The van der Waals surface area contributed by atoms with E-state index in [0.29, 0.717) is 10.5 Å². The van der Waals surface area contributed by atoms with Crippen LogP contribution in [0.4, 0.5) is 5.69 Å². The molecule has 2 heterocycles. The van der Waals surface area contributed by atoms with Gasteiger partial charge in [-0.25, -0.2) is 4.68 Å². The maximum absolute atomic E-state index is 11.9. The molecular formula is C13H18BrN3O. The Morgan fingerprint density at radius 3 is 2.94 bits per heavy atom. The smallest absolute Gasteiger partial charge is 0.282 e. The Kier molecular flexibility index (Phi) is 3.18. The number of halogens is 1. The molecule has 1 saturated heterocycles. The first kappa shape index (κ1) is 12.2. The largest absolute Gasteiger partial charge is 0.366 e. The van der Waals surface area contributed by atoms with Gasteiger partial charge in [0.15, 0.2) is 0 Å². The lowest BCUT2D eigenvalue weighted by molar-refractivity contribution is 0.342. The number of nitrogens with zero attached hydrogens (tertiary/aromatic N) is 3. The van der Waals surface area contributed by atoms with Gasteiger partial charge in [-0.05, 0) is 41.1 Å². The molecule has 0 spiro atoms. The van der Waals surface area contributed by atoms with E-state index < -0.39 is 0 Å². The third-order valence-electron chi connectivity index (χ3n) is 4.38. The summed E-state index contributed by atoms with van der Waals surface area (Å²) in [4.78, 5) is 14.3. The predicted octanol–water partition coefficient (Wildman–Crippen LogP) is 2.31. The van der Waals surface area contributed by atoms with Crippen molar-refractivity contribution in [2.75, 3.05) is 11.4 Å². The van der Waals surface area contributed by atoms with Gasteiger partial charge < -0.3 is 4.90 Å². The summed E-state index contributed by atoms with van der Waals surface area (Å²) >= 11 is 3.44. The Morgan fingerprint density at radius 2 is 2.11 bits per heavy atom. The molecule has 1 saturated carbocycles. The summed E-state index contributed by atoms with van der Waals surface area (Å²) < 4.78 is 2.04. The molecular weight excluding hydrogens is 294 g/mol. The third kappa shape index (κ3) is 1.88. The molecule has 1 aromatic rings. The van der Waals surface area contributed by atoms with Gasteiger partial charge in [0.25, 0.3) is 5.56 Å². The predicted molar refractivity (Wildman–Crippen MR) is 74.9 cm³/mol. The second-order valence-corrected chi connectivity index (χ2v) is 6.16. The fraction of sp³-hybridized carbons (Fsp3) is 0.692. The zero-order valence-electron chi connectivity index (χ0n) is 10.6. The molecule has 1 aromatic heterocycles. The molecule has 2 unspecified atom stereocenters. The van der Waals surface area contributed by atoms with Crippen molar-refractivity contribution >= 4 is 21.6 Å². The van der Waals surface area contributed by atoms with Gasteiger partial charge in [-0.3, -0.25) is 4.79 Å². The van der Waals surface area contributed by atoms with Gasteiger partial charge in [0.05, 0.1) is 11.9 Å². The lowest BCUT2D eigenvalue weighted by Gasteiger charge is -2.33. The standard InChI is InChI=1S/C13H18BrN3O/c1-16-13(18)12(14)11(8-15-16)17-7-6-9-4-2-3-5-10(9)17/h8-10H,2-7H2,1H3. The zero-order valence-corrected chi connectivity index (χ0v) is 12.2. The van der Waals surface area contributed by atoms with Crippen molar-refractivity contribution in [3.05, 3.63) is 21.0 Å². The number of anilines is 1. The second-order valence-electron chi connectivity index (χ2n) is 5.37. The highest BCUT2D eigenvalue weighted by atomic mass is 79.9. The van der Waals surface area contributed by atoms with Gasteiger partial charge in [0, 0.05) is 19.6 Å². The number of aromatic nitrogens is 2. The first-order valence-electron chi connectivity index (χ1n) is 6.67. The van der Waals surface area contributed by atoms with E-state index in [-0.39, 0.29) is 5.56 Å². The minimum absolute atomic E-state index is 0.0493. The molecule has 5 heteroatoms. The molecule has 1 aliphatic heterocycles. The van der Waals surface area contributed by atoms with Crippen LogP contribution in [0.25, 0.3) is 0 Å². The highest BCUT2D eigenvalue weighted by Gasteiger charge is 2.36. The van der Waals surface area contributed by atoms with E-state index in [9.17, 15) is 4.79 Å². The number of aryl methyl sites for hydroxylation is 1. The van der Waals surface area contributed by atoms with Crippen LogP contribution < -0.4 is 10.5 Å². The molecule has 0 aromatic carbocycles. The number of hydrogen-bond donors (Lipinski definition) is 0. The van der Waals surface area contributed by atoms with Crippen LogP contribution in [0, 0.1) is 5.92 Å². The Bertz CT molecular complexity index is 513. The normalized spacial score (nSPS) is 27.3. The summed E-state index contributed by atoms with van der Waals surface area (Å²) in [5, 5.41) is 4.15. The highest BCUT2D eigenvalue weighted by Crippen LogP contribution is 2.39. The SMILES string of the molecule is Cn1ncc(N2CCC3CCCCC32)c(Br)c1=O. The van der Waals surface area contributed by atoms with Gasteiger partial charge in [-0.15, -0.1) is 0 Å². The van der Waals surface area contributed by atoms with Crippen LogP contribution in [-0.4, -0.2) is 22.4 Å². The summed E-state index contributed by atoms with van der Waals surface area (Å²) in [6, 6.07) is 0.615. The molecule has 3 rings (SSSR count). The maximum Gasteiger partial charge on any atom is 0.282 e. The molecule has 0 radical (unpaired) electrons. The molecule has 2 fully saturated rings. The summed E-state index contributed by atoms with van der Waals surface area (Å²) in [6.07, 6.45) is 8.36. The summed E-state index contributed by atoms with van der Waals surface area (Å²) in [5.74, 6) is 0.815. The fourth-order valence-corrected chi connectivity index (χ4v) is 3.99. The molecule has 18 heavy (non-hydrogen) atoms. The van der Waals surface area contributed by atoms with E-state index in [1.165, 1.54) is 36.8 Å². The van der Waals surface area contributed by atoms with Crippen LogP contribution in [0.15, 0.2) is 15.5 Å². The van der Waals surface area contributed by atoms with Crippen LogP contribution in [-0.2, 0) is 7.05 Å². The van der Waals surface area contributed by atoms with Gasteiger partial charge in [-0.2, -0.15) is 5.10 Å². The molecule has 0 bridgehead atoms. The first-order valence-corrected chi connectivity index (χ1v) is 7.46. The van der Waals surface area contributed by atoms with Crippen LogP contribution in [0.1, 0.15) is 32.1 Å². The van der Waals surface area contributed by atoms with E-state index in [4.69, 9.17) is 0 Å². The zero-order chi connectivity index (χ0) is 12.7. The Hall–Kier alpha value is -0.840. The van der Waals surface area contributed by atoms with Crippen molar-refractivity contribution < 1.29 is 0 Å². The molecule has 0 amide bonds. The van der Waals surface area contributed by atoms with E-state index >= 15 is 0 Å². The van der Waals surface area contributed by atoms with Crippen LogP contribution in [0.2, 0.25) is 0 Å². The maximum atomic E-state index is 11.9. The molecule has 98 valence electrons. The van der Waals surface area contributed by atoms with Gasteiger partial charge in [0.2, 0.25) is 0 Å². The first-order chi connectivity index (χ1) is 8.68. The highest BCUT2D eigenvalue weighted by molar-refractivity contribution is 9.10. The van der Waals surface area contributed by atoms with Crippen LogP contribution in [0.3, 0.4) is 0 Å². The van der Waals surface area contributed by atoms with Crippen molar-refractivity contribution in [1.82, 2.24) is 9.78 Å². The minimum atomic E-state index is -0.0493. The van der Waals surface area contributed by atoms with Gasteiger partial charge in [0.1, 0.15) is 4.47 Å². The lowest BCUT2D eigenvalue weighted by atomic mass is 9.85. The van der Waals surface area contributed by atoms with Crippen LogP contribution in [0.5, 0.6) is 0 Å². The van der Waals surface area contributed by atoms with Crippen LogP contribution >= 0.6 is 15.9 Å². The van der Waals surface area contributed by atoms with E-state index in [2.05, 4.69) is 25.9 Å². The van der Waals surface area contributed by atoms with Gasteiger partial charge >= 0.3 is 0 Å². The molecule has 4 nitrogen and oxygen atoms in total. The van der Waals surface area contributed by atoms with Gasteiger partial charge in [-0.1, -0.05) is 12.8 Å². The van der Waals surface area contributed by atoms with Crippen molar-refractivity contribution in [2.24, 2.45) is 13.0 Å². The topological polar surface area (TPSA) is 38.1 Å². The van der Waals surface area contributed by atoms with E-state index in [1.807, 2.05) is 6.20 Å². The van der Waals surface area contributed by atoms with Crippen molar-refractivity contribution in [2.45, 2.75) is 38.1 Å². The quantitative estimate of drug-likeness (QED) is 0.799. The number of fused-ring (bicyclic) bond motifs is 1. The third-order valence-corrected chi connectivity index (χ3v) is 5.12. The second kappa shape index (κ2) is 4.68. The Labute approximate surface area is 115 Å². The van der Waals surface area contributed by atoms with Crippen molar-refractivity contribution in [3.63, 3.8) is 0 Å². The molecule has 0 N–H and O–H groups in total. The Balaban J connectivity index is 1.96. The van der Waals surface area contributed by atoms with Crippen molar-refractivity contribution in [1.29, 1.82) is 0 Å². The summed E-state index contributed by atoms with van der Waals surface area (Å²) in [6.45, 7) is 1.06. The monoisotopic (exact) mass is 311 g/mol. The molecule has 1 aliphatic carbocycles.